The number of benzene rings is 1. The van der Waals surface area contributed by atoms with E-state index >= 15 is 0 Å². The highest BCUT2D eigenvalue weighted by atomic mass is 16.4. The molecule has 110 valence electrons. The molecule has 0 saturated carbocycles. The molecule has 2 heterocycles. The lowest BCUT2D eigenvalue weighted by Crippen LogP contribution is -2.55. The number of likely N-dealkylation sites (N-methyl/N-ethyl adjacent to an activating group) is 1. The van der Waals surface area contributed by atoms with Crippen molar-refractivity contribution in [1.29, 1.82) is 0 Å². The first-order valence-corrected chi connectivity index (χ1v) is 7.10. The van der Waals surface area contributed by atoms with Gasteiger partial charge in [-0.3, -0.25) is 9.69 Å². The van der Waals surface area contributed by atoms with Gasteiger partial charge in [0.25, 0.3) is 0 Å². The Hall–Kier alpha value is -2.14. The fourth-order valence-corrected chi connectivity index (χ4v) is 2.84. The van der Waals surface area contributed by atoms with Crippen molar-refractivity contribution < 1.29 is 9.90 Å². The summed E-state index contributed by atoms with van der Waals surface area (Å²) in [6.45, 7) is 4.06. The minimum absolute atomic E-state index is 0.469. The maximum absolute atomic E-state index is 11.3. The number of pyridine rings is 1. The number of hydrogen-bond donors (Lipinski definition) is 1. The molecule has 0 bridgehead atoms. The topological polar surface area (TPSA) is 56.7 Å². The number of carboxylic acids is 1. The van der Waals surface area contributed by atoms with Crippen molar-refractivity contribution in [3.05, 3.63) is 35.9 Å². The Labute approximate surface area is 123 Å². The molecule has 0 spiro atoms. The smallest absolute Gasteiger partial charge is 0.322 e. The molecule has 1 N–H and O–H groups in total. The third-order valence-corrected chi connectivity index (χ3v) is 4.17. The summed E-state index contributed by atoms with van der Waals surface area (Å²) < 4.78 is 0. The Morgan fingerprint density at radius 2 is 2.10 bits per heavy atom. The zero-order chi connectivity index (χ0) is 15.0. The van der Waals surface area contributed by atoms with E-state index in [2.05, 4.69) is 17.9 Å². The zero-order valence-electron chi connectivity index (χ0n) is 12.3. The minimum atomic E-state index is -0.778. The number of rotatable bonds is 2. The molecule has 1 atom stereocenters. The van der Waals surface area contributed by atoms with Gasteiger partial charge in [-0.1, -0.05) is 18.2 Å². The monoisotopic (exact) mass is 285 g/mol. The SMILES string of the molecule is Cc1cc(N2CCN(C)C(C(=O)O)C2)nc2ccccc12. The molecule has 2 aromatic rings. The average Bonchev–Trinajstić information content (AvgIpc) is 2.47. The van der Waals surface area contributed by atoms with Gasteiger partial charge in [0.15, 0.2) is 0 Å². The number of fused-ring (bicyclic) bond motifs is 1. The first-order valence-electron chi connectivity index (χ1n) is 7.10. The molecule has 0 amide bonds. The van der Waals surface area contributed by atoms with Crippen molar-refractivity contribution in [2.24, 2.45) is 0 Å². The number of aliphatic carboxylic acids is 1. The van der Waals surface area contributed by atoms with E-state index in [1.807, 2.05) is 36.2 Å². The Balaban J connectivity index is 1.95. The van der Waals surface area contributed by atoms with Crippen LogP contribution in [-0.4, -0.2) is 53.7 Å². The normalized spacial score (nSPS) is 19.9. The Bertz CT molecular complexity index is 686. The first kappa shape index (κ1) is 13.8. The van der Waals surface area contributed by atoms with Gasteiger partial charge >= 0.3 is 5.97 Å². The van der Waals surface area contributed by atoms with Crippen LogP contribution >= 0.6 is 0 Å². The molecule has 5 nitrogen and oxygen atoms in total. The molecule has 1 aliphatic heterocycles. The maximum Gasteiger partial charge on any atom is 0.322 e. The van der Waals surface area contributed by atoms with Gasteiger partial charge in [-0.05, 0) is 31.7 Å². The Morgan fingerprint density at radius 1 is 1.33 bits per heavy atom. The highest BCUT2D eigenvalue weighted by molar-refractivity contribution is 5.84. The second-order valence-electron chi connectivity index (χ2n) is 5.60. The van der Waals surface area contributed by atoms with E-state index in [0.29, 0.717) is 6.54 Å². The highest BCUT2D eigenvalue weighted by Crippen LogP contribution is 2.24. The van der Waals surface area contributed by atoms with Crippen LogP contribution in [0.1, 0.15) is 5.56 Å². The van der Waals surface area contributed by atoms with E-state index < -0.39 is 12.0 Å². The van der Waals surface area contributed by atoms with Crippen molar-refractivity contribution in [2.45, 2.75) is 13.0 Å². The molecule has 3 rings (SSSR count). The van der Waals surface area contributed by atoms with Gasteiger partial charge in [0, 0.05) is 25.0 Å². The van der Waals surface area contributed by atoms with Gasteiger partial charge in [-0.15, -0.1) is 0 Å². The van der Waals surface area contributed by atoms with Crippen molar-refractivity contribution >= 4 is 22.7 Å². The molecule has 1 unspecified atom stereocenters. The summed E-state index contributed by atoms with van der Waals surface area (Å²) in [7, 11) is 1.86. The van der Waals surface area contributed by atoms with Gasteiger partial charge in [-0.2, -0.15) is 0 Å². The number of nitrogens with zero attached hydrogens (tertiary/aromatic N) is 3. The molecule has 5 heteroatoms. The van der Waals surface area contributed by atoms with E-state index in [0.717, 1.165) is 29.8 Å². The molecule has 1 saturated heterocycles. The minimum Gasteiger partial charge on any atom is -0.480 e. The predicted octanol–water partition coefficient (Wildman–Crippen LogP) is 1.75. The van der Waals surface area contributed by atoms with Crippen LogP contribution in [0.3, 0.4) is 0 Å². The summed E-state index contributed by atoms with van der Waals surface area (Å²) in [5, 5.41) is 10.5. The standard InChI is InChI=1S/C16H19N3O2/c1-11-9-15(17-13-6-4-3-5-12(11)13)19-8-7-18(2)14(10-19)16(20)21/h3-6,9,14H,7-8,10H2,1-2H3,(H,20,21). The van der Waals surface area contributed by atoms with E-state index in [9.17, 15) is 9.90 Å². The summed E-state index contributed by atoms with van der Waals surface area (Å²) in [6, 6.07) is 9.61. The first-order chi connectivity index (χ1) is 10.1. The maximum atomic E-state index is 11.3. The van der Waals surface area contributed by atoms with Crippen LogP contribution in [0.5, 0.6) is 0 Å². The summed E-state index contributed by atoms with van der Waals surface area (Å²) >= 11 is 0. The number of carboxylic acid groups (broad SMARTS) is 1. The van der Waals surface area contributed by atoms with Crippen LogP contribution in [0.4, 0.5) is 5.82 Å². The number of hydrogen-bond acceptors (Lipinski definition) is 4. The average molecular weight is 285 g/mol. The molecular weight excluding hydrogens is 266 g/mol. The predicted molar refractivity (Wildman–Crippen MR) is 82.7 cm³/mol. The van der Waals surface area contributed by atoms with Crippen molar-refractivity contribution in [3.8, 4) is 0 Å². The van der Waals surface area contributed by atoms with E-state index in [1.54, 1.807) is 0 Å². The third-order valence-electron chi connectivity index (χ3n) is 4.17. The Morgan fingerprint density at radius 3 is 2.86 bits per heavy atom. The van der Waals surface area contributed by atoms with Gasteiger partial charge < -0.3 is 10.0 Å². The molecule has 1 fully saturated rings. The fraction of sp³-hybridized carbons (Fsp3) is 0.375. The fourth-order valence-electron chi connectivity index (χ4n) is 2.84. The number of carbonyl (C=O) groups is 1. The van der Waals surface area contributed by atoms with E-state index in [4.69, 9.17) is 4.98 Å². The van der Waals surface area contributed by atoms with E-state index in [1.165, 1.54) is 5.56 Å². The second-order valence-corrected chi connectivity index (χ2v) is 5.60. The van der Waals surface area contributed by atoms with Crippen LogP contribution in [0, 0.1) is 6.92 Å². The van der Waals surface area contributed by atoms with Crippen molar-refractivity contribution in [2.75, 3.05) is 31.6 Å². The molecule has 21 heavy (non-hydrogen) atoms. The zero-order valence-corrected chi connectivity index (χ0v) is 12.3. The van der Waals surface area contributed by atoms with Gasteiger partial charge in [0.2, 0.25) is 0 Å². The number of anilines is 1. The van der Waals surface area contributed by atoms with E-state index in [-0.39, 0.29) is 0 Å². The molecule has 0 radical (unpaired) electrons. The van der Waals surface area contributed by atoms with Gasteiger partial charge in [0.05, 0.1) is 5.52 Å². The third kappa shape index (κ3) is 2.56. The lowest BCUT2D eigenvalue weighted by molar-refractivity contribution is -0.142. The molecular formula is C16H19N3O2. The summed E-state index contributed by atoms with van der Waals surface area (Å²) in [5.74, 6) is 0.0882. The quantitative estimate of drug-likeness (QED) is 0.911. The number of aryl methyl sites for hydroxylation is 1. The Kier molecular flexibility index (Phi) is 3.51. The van der Waals surface area contributed by atoms with Crippen LogP contribution in [0.25, 0.3) is 10.9 Å². The van der Waals surface area contributed by atoms with Crippen molar-refractivity contribution in [3.63, 3.8) is 0 Å². The summed E-state index contributed by atoms with van der Waals surface area (Å²) in [4.78, 5) is 20.0. The van der Waals surface area contributed by atoms with Gasteiger partial charge in [0.1, 0.15) is 11.9 Å². The molecule has 1 aromatic carbocycles. The molecule has 1 aliphatic rings. The summed E-state index contributed by atoms with van der Waals surface area (Å²) in [6.07, 6.45) is 0. The highest BCUT2D eigenvalue weighted by Gasteiger charge is 2.30. The summed E-state index contributed by atoms with van der Waals surface area (Å²) in [5.41, 5.74) is 2.12. The number of para-hydroxylation sites is 1. The van der Waals surface area contributed by atoms with Gasteiger partial charge in [-0.25, -0.2) is 4.98 Å². The van der Waals surface area contributed by atoms with Crippen LogP contribution in [0.2, 0.25) is 0 Å². The second kappa shape index (κ2) is 5.33. The van der Waals surface area contributed by atoms with Crippen LogP contribution in [-0.2, 0) is 4.79 Å². The number of aromatic nitrogens is 1. The van der Waals surface area contributed by atoms with Crippen LogP contribution in [0.15, 0.2) is 30.3 Å². The lowest BCUT2D eigenvalue weighted by Gasteiger charge is -2.38. The number of piperazine rings is 1. The van der Waals surface area contributed by atoms with Crippen LogP contribution < -0.4 is 4.90 Å². The molecule has 0 aliphatic carbocycles. The lowest BCUT2D eigenvalue weighted by atomic mass is 10.1. The van der Waals surface area contributed by atoms with Crippen molar-refractivity contribution in [1.82, 2.24) is 9.88 Å². The largest absolute Gasteiger partial charge is 0.480 e. The molecule has 1 aromatic heterocycles.